The number of ketones is 1. The average Bonchev–Trinajstić information content (AvgIpc) is 3.05. The van der Waals surface area contributed by atoms with Gasteiger partial charge in [0.2, 0.25) is 10.0 Å². The summed E-state index contributed by atoms with van der Waals surface area (Å²) in [6.45, 7) is -0.0573. The van der Waals surface area contributed by atoms with Gasteiger partial charge in [-0.3, -0.25) is 4.79 Å². The Kier molecular flexibility index (Phi) is 9.44. The number of hydrogen-bond donors (Lipinski definition) is 1. The van der Waals surface area contributed by atoms with Crippen LogP contribution in [0.4, 0.5) is 17.6 Å². The minimum absolute atomic E-state index is 0.0101. The van der Waals surface area contributed by atoms with Crippen LogP contribution in [-0.2, 0) is 33.8 Å². The normalized spacial score (nSPS) is 16.0. The van der Waals surface area contributed by atoms with Crippen molar-refractivity contribution in [2.75, 3.05) is 13.1 Å². The van der Waals surface area contributed by atoms with Crippen LogP contribution in [0.25, 0.3) is 11.1 Å². The third-order valence-electron chi connectivity index (χ3n) is 8.45. The van der Waals surface area contributed by atoms with E-state index in [1.807, 2.05) is 42.5 Å². The summed E-state index contributed by atoms with van der Waals surface area (Å²) in [7, 11) is -3.97. The highest BCUT2D eigenvalue weighted by molar-refractivity contribution is 7.89. The molecule has 0 aliphatic carbocycles. The summed E-state index contributed by atoms with van der Waals surface area (Å²) >= 11 is 0. The second-order valence-corrected chi connectivity index (χ2v) is 13.3. The quantitative estimate of drug-likeness (QED) is 0.207. The standard InChI is InChI=1S/C35H30F4N2O4S/c36-30-11-13-31(14-12-30)46(44,45)41-17-15-29(16-18-41)34(43,22-25-5-4-8-27(19-25)26-6-2-1-3-7-26)33(42)21-24-9-10-28(23-40)32(20-24)35(37,38)39/h1-14,19-20,29,43H,15-18,21-22H2. The van der Waals surface area contributed by atoms with E-state index in [-0.39, 0.29) is 42.8 Å². The molecule has 1 N–H and O–H groups in total. The molecule has 4 aromatic carbocycles. The zero-order chi connectivity index (χ0) is 33.1. The van der Waals surface area contributed by atoms with Crippen molar-refractivity contribution in [1.29, 1.82) is 5.26 Å². The highest BCUT2D eigenvalue weighted by Gasteiger charge is 2.46. The molecular weight excluding hydrogens is 620 g/mol. The SMILES string of the molecule is N#Cc1ccc(CC(=O)C(O)(Cc2cccc(-c3ccccc3)c2)C2CCN(S(=O)(=O)c3ccc(F)cc3)CC2)cc1C(F)(F)F. The van der Waals surface area contributed by atoms with E-state index in [0.29, 0.717) is 5.56 Å². The molecule has 0 bridgehead atoms. The second kappa shape index (κ2) is 13.2. The minimum Gasteiger partial charge on any atom is -0.381 e. The number of nitrogens with zero attached hydrogens (tertiary/aromatic N) is 2. The predicted molar refractivity (Wildman–Crippen MR) is 163 cm³/mol. The molecule has 0 spiro atoms. The van der Waals surface area contributed by atoms with Crippen LogP contribution < -0.4 is 0 Å². The highest BCUT2D eigenvalue weighted by atomic mass is 32.2. The van der Waals surface area contributed by atoms with Gasteiger partial charge in [0, 0.05) is 25.9 Å². The van der Waals surface area contributed by atoms with E-state index in [9.17, 15) is 35.9 Å². The van der Waals surface area contributed by atoms with E-state index in [1.54, 1.807) is 12.1 Å². The van der Waals surface area contributed by atoms with E-state index in [4.69, 9.17) is 5.26 Å². The van der Waals surface area contributed by atoms with Crippen molar-refractivity contribution in [3.63, 3.8) is 0 Å². The Morgan fingerprint density at radius 3 is 2.15 bits per heavy atom. The number of nitriles is 1. The molecule has 4 aromatic rings. The smallest absolute Gasteiger partial charge is 0.381 e. The molecule has 0 saturated carbocycles. The van der Waals surface area contributed by atoms with Gasteiger partial charge < -0.3 is 5.11 Å². The van der Waals surface area contributed by atoms with Gasteiger partial charge in [0.15, 0.2) is 5.78 Å². The number of carbonyl (C=O) groups is 1. The van der Waals surface area contributed by atoms with Crippen molar-refractivity contribution >= 4 is 15.8 Å². The van der Waals surface area contributed by atoms with Gasteiger partial charge in [-0.1, -0.05) is 60.7 Å². The lowest BCUT2D eigenvalue weighted by Crippen LogP contribution is -2.53. The molecule has 46 heavy (non-hydrogen) atoms. The summed E-state index contributed by atoms with van der Waals surface area (Å²) in [5.74, 6) is -2.02. The number of aliphatic hydroxyl groups is 1. The molecule has 0 aromatic heterocycles. The second-order valence-electron chi connectivity index (χ2n) is 11.4. The fourth-order valence-corrected chi connectivity index (χ4v) is 7.44. The number of hydrogen-bond acceptors (Lipinski definition) is 5. The number of halogens is 4. The van der Waals surface area contributed by atoms with Crippen molar-refractivity contribution in [1.82, 2.24) is 4.31 Å². The first-order chi connectivity index (χ1) is 21.8. The molecule has 1 saturated heterocycles. The largest absolute Gasteiger partial charge is 0.417 e. The third-order valence-corrected chi connectivity index (χ3v) is 10.4. The van der Waals surface area contributed by atoms with E-state index in [0.717, 1.165) is 35.4 Å². The van der Waals surface area contributed by atoms with E-state index >= 15 is 0 Å². The van der Waals surface area contributed by atoms with Crippen LogP contribution in [0.3, 0.4) is 0 Å². The van der Waals surface area contributed by atoms with Gasteiger partial charge in [0.25, 0.3) is 0 Å². The fraction of sp³-hybridized carbons (Fsp3) is 0.257. The van der Waals surface area contributed by atoms with E-state index in [2.05, 4.69) is 0 Å². The Balaban J connectivity index is 1.45. The van der Waals surface area contributed by atoms with Crippen molar-refractivity contribution in [3.8, 4) is 17.2 Å². The summed E-state index contributed by atoms with van der Waals surface area (Å²) in [6, 6.07) is 25.7. The lowest BCUT2D eigenvalue weighted by atomic mass is 9.73. The number of alkyl halides is 3. The summed E-state index contributed by atoms with van der Waals surface area (Å²) in [5.41, 5.74) is -1.43. The third kappa shape index (κ3) is 7.04. The topological polar surface area (TPSA) is 98.5 Å². The number of piperidine rings is 1. The summed E-state index contributed by atoms with van der Waals surface area (Å²) in [6.07, 6.45) is -5.30. The van der Waals surface area contributed by atoms with Crippen molar-refractivity contribution < 1.29 is 35.9 Å². The van der Waals surface area contributed by atoms with Crippen LogP contribution in [0.15, 0.2) is 102 Å². The molecule has 0 amide bonds. The Labute approximate surface area is 264 Å². The molecule has 1 unspecified atom stereocenters. The number of carbonyl (C=O) groups excluding carboxylic acids is 1. The molecule has 0 radical (unpaired) electrons. The van der Waals surface area contributed by atoms with Crippen molar-refractivity contribution in [3.05, 3.63) is 125 Å². The first kappa shape index (κ1) is 33.0. The van der Waals surface area contributed by atoms with Gasteiger partial charge in [0.05, 0.1) is 22.1 Å². The molecule has 1 aliphatic heterocycles. The van der Waals surface area contributed by atoms with Gasteiger partial charge in [-0.15, -0.1) is 0 Å². The van der Waals surface area contributed by atoms with Gasteiger partial charge in [-0.2, -0.15) is 22.7 Å². The van der Waals surface area contributed by atoms with Gasteiger partial charge in [0.1, 0.15) is 11.4 Å². The van der Waals surface area contributed by atoms with Crippen LogP contribution >= 0.6 is 0 Å². The van der Waals surface area contributed by atoms with E-state index < -0.39 is 56.9 Å². The zero-order valence-corrected chi connectivity index (χ0v) is 25.4. The Bertz CT molecular complexity index is 1870. The maximum Gasteiger partial charge on any atom is 0.417 e. The van der Waals surface area contributed by atoms with Crippen LogP contribution in [0, 0.1) is 23.1 Å². The van der Waals surface area contributed by atoms with Crippen LogP contribution in [-0.4, -0.2) is 42.3 Å². The summed E-state index contributed by atoms with van der Waals surface area (Å²) in [5, 5.41) is 21.4. The molecule has 6 nitrogen and oxygen atoms in total. The minimum atomic E-state index is -4.82. The van der Waals surface area contributed by atoms with Gasteiger partial charge in [-0.25, -0.2) is 12.8 Å². The molecule has 1 atom stereocenters. The molecule has 1 heterocycles. The number of Topliss-reactive ketones (excluding diaryl/α,β-unsaturated/α-hetero) is 1. The fourth-order valence-electron chi connectivity index (χ4n) is 5.97. The van der Waals surface area contributed by atoms with Crippen LogP contribution in [0.5, 0.6) is 0 Å². The lowest BCUT2D eigenvalue weighted by molar-refractivity contribution is -0.144. The number of rotatable bonds is 9. The first-order valence-electron chi connectivity index (χ1n) is 14.6. The molecule has 5 rings (SSSR count). The van der Waals surface area contributed by atoms with Crippen LogP contribution in [0.1, 0.15) is 35.1 Å². The van der Waals surface area contributed by atoms with Crippen LogP contribution in [0.2, 0.25) is 0 Å². The summed E-state index contributed by atoms with van der Waals surface area (Å²) in [4.78, 5) is 13.9. The average molecular weight is 651 g/mol. The molecule has 1 fully saturated rings. The Hall–Kier alpha value is -4.37. The number of sulfonamides is 1. The molecule has 11 heteroatoms. The van der Waals surface area contributed by atoms with Crippen molar-refractivity contribution in [2.45, 2.75) is 42.4 Å². The maximum absolute atomic E-state index is 14.0. The Morgan fingerprint density at radius 1 is 0.870 bits per heavy atom. The molecule has 238 valence electrons. The lowest BCUT2D eigenvalue weighted by Gasteiger charge is -2.40. The molecular formula is C35H30F4N2O4S. The monoisotopic (exact) mass is 650 g/mol. The zero-order valence-electron chi connectivity index (χ0n) is 24.5. The first-order valence-corrected chi connectivity index (χ1v) is 16.0. The highest BCUT2D eigenvalue weighted by Crippen LogP contribution is 2.37. The predicted octanol–water partition coefficient (Wildman–Crippen LogP) is 6.57. The van der Waals surface area contributed by atoms with E-state index in [1.165, 1.54) is 28.6 Å². The van der Waals surface area contributed by atoms with Gasteiger partial charge in [-0.05, 0) is 77.4 Å². The maximum atomic E-state index is 14.0. The number of benzene rings is 4. The Morgan fingerprint density at radius 2 is 1.52 bits per heavy atom. The summed E-state index contributed by atoms with van der Waals surface area (Å²) < 4.78 is 82.0. The van der Waals surface area contributed by atoms with Gasteiger partial charge >= 0.3 is 6.18 Å². The van der Waals surface area contributed by atoms with Crippen molar-refractivity contribution in [2.24, 2.45) is 5.92 Å². The molecule has 1 aliphatic rings.